The van der Waals surface area contributed by atoms with Gasteiger partial charge in [-0.1, -0.05) is 0 Å². The van der Waals surface area contributed by atoms with Gasteiger partial charge in [0.15, 0.2) is 5.58 Å². The van der Waals surface area contributed by atoms with Gasteiger partial charge in [-0.15, -0.1) is 0 Å². The Hall–Kier alpha value is -2.08. The normalized spacial score (nSPS) is 19.4. The molecule has 6 nitrogen and oxygen atoms in total. The number of carbonyl (C=O) groups is 1. The van der Waals surface area contributed by atoms with Crippen LogP contribution in [0, 0.1) is 0 Å². The Morgan fingerprint density at radius 1 is 1.55 bits per heavy atom. The van der Waals surface area contributed by atoms with E-state index in [0.29, 0.717) is 22.7 Å². The number of amides is 1. The molecule has 1 amide bonds. The average molecular weight is 275 g/mol. The van der Waals surface area contributed by atoms with Gasteiger partial charge in [0, 0.05) is 25.8 Å². The Morgan fingerprint density at radius 3 is 3.15 bits per heavy atom. The van der Waals surface area contributed by atoms with E-state index in [0.717, 1.165) is 25.9 Å². The molecule has 0 spiro atoms. The number of benzene rings is 1. The third kappa shape index (κ3) is 2.34. The smallest absolute Gasteiger partial charge is 0.298 e. The van der Waals surface area contributed by atoms with Gasteiger partial charge in [-0.3, -0.25) is 4.79 Å². The van der Waals surface area contributed by atoms with E-state index in [2.05, 4.69) is 9.88 Å². The zero-order valence-electron chi connectivity index (χ0n) is 11.3. The molecule has 1 fully saturated rings. The first-order valence-corrected chi connectivity index (χ1v) is 6.65. The second kappa shape index (κ2) is 5.13. The van der Waals surface area contributed by atoms with Crippen molar-refractivity contribution < 1.29 is 13.9 Å². The Labute approximate surface area is 116 Å². The van der Waals surface area contributed by atoms with Crippen LogP contribution >= 0.6 is 0 Å². The molecule has 1 unspecified atom stereocenters. The summed E-state index contributed by atoms with van der Waals surface area (Å²) in [5.41, 5.74) is 7.01. The number of hydrogen-bond donors (Lipinski definition) is 1. The van der Waals surface area contributed by atoms with Crippen LogP contribution in [0.1, 0.15) is 23.2 Å². The molecule has 2 N–H and O–H groups in total. The summed E-state index contributed by atoms with van der Waals surface area (Å²) < 4.78 is 11.1. The maximum atomic E-state index is 11.2. The molecular weight excluding hydrogens is 258 g/mol. The van der Waals surface area contributed by atoms with E-state index in [1.54, 1.807) is 25.3 Å². The topological polar surface area (TPSA) is 81.6 Å². The van der Waals surface area contributed by atoms with E-state index < -0.39 is 5.91 Å². The van der Waals surface area contributed by atoms with Crippen molar-refractivity contribution in [2.75, 3.05) is 25.1 Å². The molecule has 1 aliphatic heterocycles. The number of nitrogens with two attached hydrogens (primary N) is 1. The first kappa shape index (κ1) is 12.9. The summed E-state index contributed by atoms with van der Waals surface area (Å²) in [5, 5.41) is 0. The first-order valence-electron chi connectivity index (χ1n) is 6.65. The van der Waals surface area contributed by atoms with Crippen molar-refractivity contribution in [2.24, 2.45) is 5.73 Å². The molecule has 3 rings (SSSR count). The van der Waals surface area contributed by atoms with Gasteiger partial charge in [0.1, 0.15) is 5.52 Å². The van der Waals surface area contributed by atoms with Crippen molar-refractivity contribution in [3.63, 3.8) is 0 Å². The molecule has 1 aromatic heterocycles. The predicted molar refractivity (Wildman–Crippen MR) is 74.8 cm³/mol. The van der Waals surface area contributed by atoms with Gasteiger partial charge in [-0.05, 0) is 31.0 Å². The highest BCUT2D eigenvalue weighted by molar-refractivity contribution is 5.96. The second-order valence-corrected chi connectivity index (χ2v) is 4.99. The van der Waals surface area contributed by atoms with Gasteiger partial charge >= 0.3 is 0 Å². The number of nitrogens with zero attached hydrogens (tertiary/aromatic N) is 2. The van der Waals surface area contributed by atoms with Crippen molar-refractivity contribution in [2.45, 2.75) is 18.9 Å². The third-order valence-corrected chi connectivity index (χ3v) is 3.64. The fraction of sp³-hybridized carbons (Fsp3) is 0.429. The van der Waals surface area contributed by atoms with Crippen LogP contribution in [0.15, 0.2) is 22.6 Å². The average Bonchev–Trinajstić information content (AvgIpc) is 2.90. The maximum Gasteiger partial charge on any atom is 0.298 e. The number of carbonyl (C=O) groups excluding carboxylic acids is 1. The van der Waals surface area contributed by atoms with Gasteiger partial charge in [-0.25, -0.2) is 0 Å². The van der Waals surface area contributed by atoms with E-state index in [4.69, 9.17) is 14.9 Å². The number of piperidine rings is 1. The van der Waals surface area contributed by atoms with Crippen LogP contribution in [-0.2, 0) is 4.74 Å². The van der Waals surface area contributed by atoms with E-state index >= 15 is 0 Å². The second-order valence-electron chi connectivity index (χ2n) is 4.99. The molecule has 2 aromatic rings. The van der Waals surface area contributed by atoms with Gasteiger partial charge in [0.05, 0.1) is 6.10 Å². The lowest BCUT2D eigenvalue weighted by molar-refractivity contribution is 0.0880. The summed E-state index contributed by atoms with van der Waals surface area (Å²) in [4.78, 5) is 17.7. The summed E-state index contributed by atoms with van der Waals surface area (Å²) in [7, 11) is 1.72. The molecule has 2 heterocycles. The predicted octanol–water partition coefficient (Wildman–Crippen LogP) is 1.54. The fourth-order valence-electron chi connectivity index (χ4n) is 2.51. The number of aromatic nitrogens is 1. The minimum absolute atomic E-state index is 0.208. The Bertz CT molecular complexity index is 638. The Morgan fingerprint density at radius 2 is 2.40 bits per heavy atom. The summed E-state index contributed by atoms with van der Waals surface area (Å²) in [6.07, 6.45) is 2.31. The Balaban J connectivity index is 1.90. The van der Waals surface area contributed by atoms with Crippen LogP contribution in [-0.4, -0.2) is 37.2 Å². The standard InChI is InChI=1S/C14H17N3O3/c1-19-10-3-2-6-17(8-10)14-16-11-7-9(13(15)18)4-5-12(11)20-14/h4-5,7,10H,2-3,6,8H2,1H3,(H2,15,18). The molecule has 1 aliphatic rings. The molecule has 20 heavy (non-hydrogen) atoms. The van der Waals surface area contributed by atoms with E-state index in [9.17, 15) is 4.79 Å². The molecule has 1 saturated heterocycles. The summed E-state index contributed by atoms with van der Waals surface area (Å²) >= 11 is 0. The summed E-state index contributed by atoms with van der Waals surface area (Å²) in [6, 6.07) is 5.60. The molecule has 6 heteroatoms. The maximum absolute atomic E-state index is 11.2. The summed E-state index contributed by atoms with van der Waals surface area (Å²) in [6.45, 7) is 1.67. The number of ether oxygens (including phenoxy) is 1. The zero-order chi connectivity index (χ0) is 14.1. The number of rotatable bonds is 3. The quantitative estimate of drug-likeness (QED) is 0.919. The van der Waals surface area contributed by atoms with Crippen LogP contribution in [0.25, 0.3) is 11.1 Å². The lowest BCUT2D eigenvalue weighted by Crippen LogP contribution is -2.39. The van der Waals surface area contributed by atoms with Gasteiger partial charge < -0.3 is 19.8 Å². The number of methoxy groups -OCH3 is 1. The fourth-order valence-corrected chi connectivity index (χ4v) is 2.51. The molecule has 0 aliphatic carbocycles. The van der Waals surface area contributed by atoms with Crippen LogP contribution in [0.3, 0.4) is 0 Å². The lowest BCUT2D eigenvalue weighted by atomic mass is 10.1. The van der Waals surface area contributed by atoms with Gasteiger partial charge in [-0.2, -0.15) is 4.98 Å². The molecule has 0 bridgehead atoms. The molecular formula is C14H17N3O3. The highest BCUT2D eigenvalue weighted by Gasteiger charge is 2.23. The van der Waals surface area contributed by atoms with Crippen molar-refractivity contribution in [1.82, 2.24) is 4.98 Å². The van der Waals surface area contributed by atoms with Gasteiger partial charge in [0.25, 0.3) is 6.01 Å². The van der Waals surface area contributed by atoms with Crippen molar-refractivity contribution in [1.29, 1.82) is 0 Å². The number of fused-ring (bicyclic) bond motifs is 1. The molecule has 1 aromatic carbocycles. The van der Waals surface area contributed by atoms with E-state index in [-0.39, 0.29) is 6.10 Å². The van der Waals surface area contributed by atoms with Crippen LogP contribution in [0.5, 0.6) is 0 Å². The zero-order valence-corrected chi connectivity index (χ0v) is 11.3. The third-order valence-electron chi connectivity index (χ3n) is 3.64. The minimum atomic E-state index is -0.464. The van der Waals surface area contributed by atoms with Crippen LogP contribution < -0.4 is 10.6 Å². The van der Waals surface area contributed by atoms with Crippen molar-refractivity contribution >= 4 is 23.0 Å². The minimum Gasteiger partial charge on any atom is -0.423 e. The molecule has 1 atom stereocenters. The monoisotopic (exact) mass is 275 g/mol. The SMILES string of the molecule is COC1CCCN(c2nc3cc(C(N)=O)ccc3o2)C1. The molecule has 0 saturated carbocycles. The lowest BCUT2D eigenvalue weighted by Gasteiger charge is -2.30. The van der Waals surface area contributed by atoms with Gasteiger partial charge in [0.2, 0.25) is 5.91 Å². The number of primary amides is 1. The highest BCUT2D eigenvalue weighted by atomic mass is 16.5. The Kier molecular flexibility index (Phi) is 3.31. The number of oxazole rings is 1. The molecule has 106 valence electrons. The molecule has 0 radical (unpaired) electrons. The first-order chi connectivity index (χ1) is 9.67. The largest absolute Gasteiger partial charge is 0.423 e. The van der Waals surface area contributed by atoms with Crippen molar-refractivity contribution in [3.05, 3.63) is 23.8 Å². The summed E-state index contributed by atoms with van der Waals surface area (Å²) in [5.74, 6) is -0.464. The van der Waals surface area contributed by atoms with E-state index in [1.807, 2.05) is 0 Å². The number of anilines is 1. The van der Waals surface area contributed by atoms with E-state index in [1.165, 1.54) is 0 Å². The van der Waals surface area contributed by atoms with Crippen LogP contribution in [0.2, 0.25) is 0 Å². The van der Waals surface area contributed by atoms with Crippen LogP contribution in [0.4, 0.5) is 6.01 Å². The number of hydrogen-bond acceptors (Lipinski definition) is 5. The highest BCUT2D eigenvalue weighted by Crippen LogP contribution is 2.25. The van der Waals surface area contributed by atoms with Crippen molar-refractivity contribution in [3.8, 4) is 0 Å².